The van der Waals surface area contributed by atoms with E-state index in [0.717, 1.165) is 58.0 Å². The first kappa shape index (κ1) is 21.6. The van der Waals surface area contributed by atoms with Gasteiger partial charge in [-0.15, -0.1) is 10.2 Å². The van der Waals surface area contributed by atoms with Gasteiger partial charge in [-0.05, 0) is 69.3 Å². The Labute approximate surface area is 196 Å². The Hall–Kier alpha value is -3.23. The molecule has 0 bridgehead atoms. The number of fused-ring (bicyclic) bond motifs is 1. The van der Waals surface area contributed by atoms with E-state index < -0.39 is 0 Å². The molecule has 0 aliphatic carbocycles. The lowest BCUT2D eigenvalue weighted by Crippen LogP contribution is -2.49. The minimum atomic E-state index is -0.0869. The van der Waals surface area contributed by atoms with Gasteiger partial charge >= 0.3 is 0 Å². The number of rotatable bonds is 4. The van der Waals surface area contributed by atoms with Crippen molar-refractivity contribution < 1.29 is 4.79 Å². The first-order valence-corrected chi connectivity index (χ1v) is 12.0. The van der Waals surface area contributed by atoms with Gasteiger partial charge < -0.3 is 5.32 Å². The molecule has 1 atom stereocenters. The highest BCUT2D eigenvalue weighted by molar-refractivity contribution is 7.14. The van der Waals surface area contributed by atoms with Crippen molar-refractivity contribution in [2.75, 3.05) is 18.0 Å². The Morgan fingerprint density at radius 3 is 2.70 bits per heavy atom. The van der Waals surface area contributed by atoms with Crippen LogP contribution in [0.2, 0.25) is 0 Å². The Kier molecular flexibility index (Phi) is 5.86. The highest BCUT2D eigenvalue weighted by Crippen LogP contribution is 2.32. The SMILES string of the molecule is Cc1cc(C)c2c(N(C(=O)c3ccc(-c4nnc(C)s4)nc3)[C@@H]3CCCNC3)nccc2c1. The van der Waals surface area contributed by atoms with Gasteiger partial charge in [0.2, 0.25) is 0 Å². The molecule has 168 valence electrons. The molecule has 0 spiro atoms. The number of carbonyl (C=O) groups excluding carboxylic acids is 1. The summed E-state index contributed by atoms with van der Waals surface area (Å²) in [6.45, 7) is 7.80. The van der Waals surface area contributed by atoms with E-state index in [4.69, 9.17) is 4.98 Å². The molecule has 1 fully saturated rings. The normalized spacial score (nSPS) is 16.2. The number of piperidine rings is 1. The number of hydrogen-bond donors (Lipinski definition) is 1. The van der Waals surface area contributed by atoms with E-state index in [-0.39, 0.29) is 11.9 Å². The molecule has 1 saturated heterocycles. The molecule has 0 unspecified atom stereocenters. The maximum Gasteiger partial charge on any atom is 0.261 e. The van der Waals surface area contributed by atoms with Crippen LogP contribution in [-0.2, 0) is 0 Å². The highest BCUT2D eigenvalue weighted by atomic mass is 32.1. The number of hydrogen-bond acceptors (Lipinski definition) is 7. The fourth-order valence-corrected chi connectivity index (χ4v) is 5.22. The largest absolute Gasteiger partial charge is 0.315 e. The molecule has 0 saturated carbocycles. The number of nitrogens with zero attached hydrogens (tertiary/aromatic N) is 5. The standard InChI is InChI=1S/C25H26N6OS/c1-15-11-16(2)22-18(12-15)8-10-27-23(22)31(20-5-4-9-26-14-20)25(32)19-6-7-21(28-13-19)24-30-29-17(3)33-24/h6-8,10-13,20,26H,4-5,9,14H2,1-3H3/t20-/m1/s1. The van der Waals surface area contributed by atoms with E-state index in [9.17, 15) is 4.79 Å². The number of aromatic nitrogens is 4. The highest BCUT2D eigenvalue weighted by Gasteiger charge is 2.30. The summed E-state index contributed by atoms with van der Waals surface area (Å²) in [7, 11) is 0. The predicted octanol–water partition coefficient (Wildman–Crippen LogP) is 4.47. The number of aryl methyl sites for hydroxylation is 3. The van der Waals surface area contributed by atoms with Crippen LogP contribution in [0.4, 0.5) is 5.82 Å². The van der Waals surface area contributed by atoms with Gasteiger partial charge in [0.1, 0.15) is 16.5 Å². The zero-order chi connectivity index (χ0) is 22.9. The molecule has 8 heteroatoms. The summed E-state index contributed by atoms with van der Waals surface area (Å²) in [4.78, 5) is 25.0. The van der Waals surface area contributed by atoms with Gasteiger partial charge in [0.25, 0.3) is 5.91 Å². The van der Waals surface area contributed by atoms with E-state index in [2.05, 4.69) is 46.5 Å². The fraction of sp³-hybridized carbons (Fsp3) is 0.320. The Morgan fingerprint density at radius 2 is 2.00 bits per heavy atom. The molecule has 7 nitrogen and oxygen atoms in total. The molecule has 0 radical (unpaired) electrons. The maximum atomic E-state index is 13.9. The Morgan fingerprint density at radius 1 is 1.12 bits per heavy atom. The summed E-state index contributed by atoms with van der Waals surface area (Å²) in [5, 5.41) is 15.4. The van der Waals surface area contributed by atoms with E-state index in [1.165, 1.54) is 16.9 Å². The van der Waals surface area contributed by atoms with Gasteiger partial charge in [-0.3, -0.25) is 14.7 Å². The molecule has 5 rings (SSSR count). The van der Waals surface area contributed by atoms with Crippen LogP contribution in [0.3, 0.4) is 0 Å². The molecule has 4 aromatic rings. The number of carbonyl (C=O) groups is 1. The smallest absolute Gasteiger partial charge is 0.261 e. The van der Waals surface area contributed by atoms with Crippen LogP contribution >= 0.6 is 11.3 Å². The van der Waals surface area contributed by atoms with Crippen LogP contribution in [0.25, 0.3) is 21.5 Å². The van der Waals surface area contributed by atoms with Gasteiger partial charge in [-0.2, -0.15) is 0 Å². The van der Waals surface area contributed by atoms with Crippen LogP contribution in [0.1, 0.15) is 39.3 Å². The van der Waals surface area contributed by atoms with E-state index in [1.54, 1.807) is 12.4 Å². The second kappa shape index (κ2) is 8.96. The van der Waals surface area contributed by atoms with Gasteiger partial charge in [0, 0.05) is 24.3 Å². The number of anilines is 1. The summed E-state index contributed by atoms with van der Waals surface area (Å²) in [5.41, 5.74) is 3.57. The summed E-state index contributed by atoms with van der Waals surface area (Å²) in [6.07, 6.45) is 5.38. The van der Waals surface area contributed by atoms with Gasteiger partial charge in [-0.25, -0.2) is 4.98 Å². The quantitative estimate of drug-likeness (QED) is 0.486. The van der Waals surface area contributed by atoms with Crippen molar-refractivity contribution in [1.82, 2.24) is 25.5 Å². The maximum absolute atomic E-state index is 13.9. The second-order valence-electron chi connectivity index (χ2n) is 8.55. The topological polar surface area (TPSA) is 83.9 Å². The molecule has 1 aromatic carbocycles. The molecule has 4 heterocycles. The Balaban J connectivity index is 1.58. The van der Waals surface area contributed by atoms with Crippen molar-refractivity contribution in [2.24, 2.45) is 0 Å². The van der Waals surface area contributed by atoms with Crippen molar-refractivity contribution in [2.45, 2.75) is 39.7 Å². The van der Waals surface area contributed by atoms with E-state index in [1.807, 2.05) is 30.0 Å². The molecule has 1 aliphatic rings. The summed E-state index contributed by atoms with van der Waals surface area (Å²) in [6, 6.07) is 10.0. The van der Waals surface area contributed by atoms with Crippen molar-refractivity contribution in [3.05, 3.63) is 64.4 Å². The average Bonchev–Trinajstić information content (AvgIpc) is 3.26. The van der Waals surface area contributed by atoms with Gasteiger partial charge in [0.05, 0.1) is 11.6 Å². The third kappa shape index (κ3) is 4.24. The summed E-state index contributed by atoms with van der Waals surface area (Å²) in [5.74, 6) is 0.628. The minimum absolute atomic E-state index is 0.0236. The third-order valence-corrected chi connectivity index (χ3v) is 6.88. The summed E-state index contributed by atoms with van der Waals surface area (Å²) >= 11 is 1.49. The molecular formula is C25H26N6OS. The molecule has 1 N–H and O–H groups in total. The zero-order valence-corrected chi connectivity index (χ0v) is 19.8. The molecule has 3 aromatic heterocycles. The molecule has 33 heavy (non-hydrogen) atoms. The number of benzene rings is 1. The fourth-order valence-electron chi connectivity index (χ4n) is 4.55. The van der Waals surface area contributed by atoms with Crippen LogP contribution in [0.5, 0.6) is 0 Å². The van der Waals surface area contributed by atoms with Crippen molar-refractivity contribution in [3.63, 3.8) is 0 Å². The van der Waals surface area contributed by atoms with E-state index >= 15 is 0 Å². The average molecular weight is 459 g/mol. The van der Waals surface area contributed by atoms with Crippen LogP contribution < -0.4 is 10.2 Å². The second-order valence-corrected chi connectivity index (χ2v) is 9.73. The molecule has 1 amide bonds. The van der Waals surface area contributed by atoms with Crippen molar-refractivity contribution in [1.29, 1.82) is 0 Å². The number of pyridine rings is 2. The number of amides is 1. The lowest BCUT2D eigenvalue weighted by atomic mass is 10.00. The monoisotopic (exact) mass is 458 g/mol. The predicted molar refractivity (Wildman–Crippen MR) is 132 cm³/mol. The van der Waals surface area contributed by atoms with E-state index in [0.29, 0.717) is 11.4 Å². The van der Waals surface area contributed by atoms with Gasteiger partial charge in [-0.1, -0.05) is 29.0 Å². The lowest BCUT2D eigenvalue weighted by molar-refractivity contribution is 0.0971. The third-order valence-electron chi connectivity index (χ3n) is 6.02. The molecule has 1 aliphatic heterocycles. The van der Waals surface area contributed by atoms with Gasteiger partial charge in [0.15, 0.2) is 5.01 Å². The summed E-state index contributed by atoms with van der Waals surface area (Å²) < 4.78 is 0. The van der Waals surface area contributed by atoms with Crippen LogP contribution in [0, 0.1) is 20.8 Å². The lowest BCUT2D eigenvalue weighted by Gasteiger charge is -2.35. The molecular weight excluding hydrogens is 432 g/mol. The Bertz CT molecular complexity index is 1310. The van der Waals surface area contributed by atoms with Crippen LogP contribution in [-0.4, -0.2) is 45.2 Å². The van der Waals surface area contributed by atoms with Crippen molar-refractivity contribution >= 4 is 33.8 Å². The number of nitrogens with one attached hydrogen (secondary N) is 1. The first-order chi connectivity index (χ1) is 16.0. The zero-order valence-electron chi connectivity index (χ0n) is 19.0. The minimum Gasteiger partial charge on any atom is -0.315 e. The first-order valence-electron chi connectivity index (χ1n) is 11.2. The van der Waals surface area contributed by atoms with Crippen molar-refractivity contribution in [3.8, 4) is 10.7 Å². The van der Waals surface area contributed by atoms with Crippen LogP contribution in [0.15, 0.2) is 42.7 Å².